The molecule has 9 rings (SSSR count). The Morgan fingerprint density at radius 3 is 1.49 bits per heavy atom. The molecular formula is C48H36O. The average Bonchev–Trinajstić information content (AvgIpc) is 3.52. The fraction of sp³-hybridized carbons (Fsp3) is 0.0833. The lowest BCUT2D eigenvalue weighted by molar-refractivity contribution is 0.590. The summed E-state index contributed by atoms with van der Waals surface area (Å²) < 4.78 is 6.12. The van der Waals surface area contributed by atoms with Crippen molar-refractivity contribution in [2.45, 2.75) is 26.2 Å². The van der Waals surface area contributed by atoms with Crippen molar-refractivity contribution in [1.29, 1.82) is 0 Å². The molecule has 0 unspecified atom stereocenters. The van der Waals surface area contributed by atoms with Crippen molar-refractivity contribution in [1.82, 2.24) is 0 Å². The Morgan fingerprint density at radius 2 is 0.796 bits per heavy atom. The number of hydrogen-bond acceptors (Lipinski definition) is 1. The minimum Gasteiger partial charge on any atom is -0.456 e. The van der Waals surface area contributed by atoms with Gasteiger partial charge in [-0.05, 0) is 107 Å². The first-order valence-corrected chi connectivity index (χ1v) is 17.1. The second-order valence-electron chi connectivity index (χ2n) is 14.1. The van der Waals surface area contributed by atoms with Gasteiger partial charge in [0.05, 0.1) is 0 Å². The molecule has 0 saturated carbocycles. The van der Waals surface area contributed by atoms with Gasteiger partial charge >= 0.3 is 0 Å². The smallest absolute Gasteiger partial charge is 0.135 e. The maximum absolute atomic E-state index is 6.12. The van der Waals surface area contributed by atoms with Crippen LogP contribution in [0.4, 0.5) is 0 Å². The SMILES string of the molecule is CC(C)(C)c1ccc(-c2c3ccccc3c(-c3ccccc3)c3ccc(-c4cccc(-c5ccc6oc7ccccc7c6c5)c4)cc23)cc1. The van der Waals surface area contributed by atoms with Gasteiger partial charge < -0.3 is 4.42 Å². The number of fused-ring (bicyclic) bond motifs is 5. The second kappa shape index (κ2) is 11.4. The number of benzene rings is 8. The van der Waals surface area contributed by atoms with E-state index in [0.29, 0.717) is 0 Å². The molecule has 49 heavy (non-hydrogen) atoms. The molecule has 0 aliphatic carbocycles. The molecule has 0 aliphatic heterocycles. The van der Waals surface area contributed by atoms with Gasteiger partial charge in [-0.25, -0.2) is 0 Å². The van der Waals surface area contributed by atoms with E-state index >= 15 is 0 Å². The van der Waals surface area contributed by atoms with Crippen LogP contribution in [0, 0.1) is 0 Å². The fourth-order valence-electron chi connectivity index (χ4n) is 7.51. The predicted molar refractivity (Wildman–Crippen MR) is 209 cm³/mol. The highest BCUT2D eigenvalue weighted by Crippen LogP contribution is 2.45. The molecule has 0 fully saturated rings. The summed E-state index contributed by atoms with van der Waals surface area (Å²) in [7, 11) is 0. The van der Waals surface area contributed by atoms with Crippen LogP contribution < -0.4 is 0 Å². The molecule has 9 aromatic rings. The molecule has 0 atom stereocenters. The topological polar surface area (TPSA) is 13.1 Å². The summed E-state index contributed by atoms with van der Waals surface area (Å²) in [5, 5.41) is 7.35. The third-order valence-corrected chi connectivity index (χ3v) is 10.0. The molecule has 0 amide bonds. The summed E-state index contributed by atoms with van der Waals surface area (Å²) in [6.45, 7) is 6.83. The zero-order valence-corrected chi connectivity index (χ0v) is 28.0. The normalized spacial score (nSPS) is 12.0. The van der Waals surface area contributed by atoms with E-state index in [0.717, 1.165) is 21.9 Å². The highest BCUT2D eigenvalue weighted by Gasteiger charge is 2.19. The largest absolute Gasteiger partial charge is 0.456 e. The maximum atomic E-state index is 6.12. The van der Waals surface area contributed by atoms with Crippen LogP contribution in [0.3, 0.4) is 0 Å². The Morgan fingerprint density at radius 1 is 0.327 bits per heavy atom. The van der Waals surface area contributed by atoms with Gasteiger partial charge in [0, 0.05) is 10.8 Å². The first kappa shape index (κ1) is 29.2. The summed E-state index contributed by atoms with van der Waals surface area (Å²) >= 11 is 0. The average molecular weight is 629 g/mol. The molecule has 0 spiro atoms. The van der Waals surface area contributed by atoms with Crippen LogP contribution in [-0.2, 0) is 5.41 Å². The standard InChI is InChI=1S/C48H36O/c1-48(2,3)37-24-20-32(21-25-37)47-40-18-8-7-17-39(40)46(31-12-5-4-6-13-31)41-26-22-35(30-43(41)47)33-14-11-15-34(28-33)36-23-27-45-42(29-36)38-16-9-10-19-44(38)49-45/h4-30H,1-3H3. The molecule has 1 aromatic heterocycles. The third kappa shape index (κ3) is 5.02. The van der Waals surface area contributed by atoms with Gasteiger partial charge in [0.25, 0.3) is 0 Å². The molecule has 0 aliphatic rings. The summed E-state index contributed by atoms with van der Waals surface area (Å²) in [6.07, 6.45) is 0. The van der Waals surface area contributed by atoms with E-state index in [1.165, 1.54) is 71.6 Å². The molecule has 0 saturated heterocycles. The molecule has 234 valence electrons. The molecule has 1 nitrogen and oxygen atoms in total. The summed E-state index contributed by atoms with van der Waals surface area (Å²) in [5.74, 6) is 0. The molecule has 1 heterocycles. The predicted octanol–water partition coefficient (Wildman–Crippen LogP) is 13.9. The minimum absolute atomic E-state index is 0.0905. The van der Waals surface area contributed by atoms with Gasteiger partial charge in [0.15, 0.2) is 0 Å². The maximum Gasteiger partial charge on any atom is 0.135 e. The van der Waals surface area contributed by atoms with Gasteiger partial charge in [-0.2, -0.15) is 0 Å². The van der Waals surface area contributed by atoms with Crippen LogP contribution in [-0.4, -0.2) is 0 Å². The molecule has 0 N–H and O–H groups in total. The van der Waals surface area contributed by atoms with Crippen molar-refractivity contribution >= 4 is 43.5 Å². The van der Waals surface area contributed by atoms with E-state index in [4.69, 9.17) is 4.42 Å². The third-order valence-electron chi connectivity index (χ3n) is 10.0. The zero-order valence-electron chi connectivity index (χ0n) is 28.0. The highest BCUT2D eigenvalue weighted by molar-refractivity contribution is 6.22. The van der Waals surface area contributed by atoms with Gasteiger partial charge in [0.2, 0.25) is 0 Å². The zero-order chi connectivity index (χ0) is 33.1. The molecular weight excluding hydrogens is 593 g/mol. The van der Waals surface area contributed by atoms with Gasteiger partial charge in [-0.1, -0.05) is 154 Å². The lowest BCUT2D eigenvalue weighted by Crippen LogP contribution is -2.10. The molecule has 8 aromatic carbocycles. The van der Waals surface area contributed by atoms with E-state index < -0.39 is 0 Å². The Balaban J connectivity index is 1.26. The molecule has 0 bridgehead atoms. The van der Waals surface area contributed by atoms with Crippen LogP contribution in [0.1, 0.15) is 26.3 Å². The number of furan rings is 1. The Labute approximate surface area is 287 Å². The van der Waals surface area contributed by atoms with Crippen LogP contribution >= 0.6 is 0 Å². The van der Waals surface area contributed by atoms with Gasteiger partial charge in [-0.15, -0.1) is 0 Å². The fourth-order valence-corrected chi connectivity index (χ4v) is 7.51. The van der Waals surface area contributed by atoms with E-state index in [1.807, 2.05) is 12.1 Å². The second-order valence-corrected chi connectivity index (χ2v) is 14.1. The Kier molecular flexibility index (Phi) is 6.78. The van der Waals surface area contributed by atoms with Gasteiger partial charge in [-0.3, -0.25) is 0 Å². The quantitative estimate of drug-likeness (QED) is 0.177. The van der Waals surface area contributed by atoms with E-state index in [2.05, 4.69) is 172 Å². The van der Waals surface area contributed by atoms with Gasteiger partial charge in [0.1, 0.15) is 11.2 Å². The van der Waals surface area contributed by atoms with Crippen molar-refractivity contribution in [2.75, 3.05) is 0 Å². The van der Waals surface area contributed by atoms with E-state index in [9.17, 15) is 0 Å². The lowest BCUT2D eigenvalue weighted by Gasteiger charge is -2.21. The Bertz CT molecular complexity index is 2670. The van der Waals surface area contributed by atoms with Crippen molar-refractivity contribution in [3.63, 3.8) is 0 Å². The van der Waals surface area contributed by atoms with E-state index in [1.54, 1.807) is 0 Å². The molecule has 1 heteroatoms. The van der Waals surface area contributed by atoms with Crippen molar-refractivity contribution in [3.05, 3.63) is 169 Å². The number of para-hydroxylation sites is 1. The Hall–Kier alpha value is -5.92. The lowest BCUT2D eigenvalue weighted by atomic mass is 9.83. The number of hydrogen-bond donors (Lipinski definition) is 0. The summed E-state index contributed by atoms with van der Waals surface area (Å²) in [5.41, 5.74) is 13.1. The van der Waals surface area contributed by atoms with Crippen LogP contribution in [0.15, 0.2) is 168 Å². The minimum atomic E-state index is 0.0905. The summed E-state index contributed by atoms with van der Waals surface area (Å²) in [4.78, 5) is 0. The van der Waals surface area contributed by atoms with Crippen LogP contribution in [0.5, 0.6) is 0 Å². The van der Waals surface area contributed by atoms with Crippen LogP contribution in [0.25, 0.3) is 88.0 Å². The van der Waals surface area contributed by atoms with Crippen LogP contribution in [0.2, 0.25) is 0 Å². The molecule has 0 radical (unpaired) electrons. The monoisotopic (exact) mass is 628 g/mol. The van der Waals surface area contributed by atoms with Crippen molar-refractivity contribution in [3.8, 4) is 44.5 Å². The van der Waals surface area contributed by atoms with Crippen molar-refractivity contribution < 1.29 is 4.42 Å². The first-order valence-electron chi connectivity index (χ1n) is 17.1. The first-order chi connectivity index (χ1) is 23.9. The summed E-state index contributed by atoms with van der Waals surface area (Å²) in [6, 6.07) is 59.7. The number of rotatable bonds is 4. The highest BCUT2D eigenvalue weighted by atomic mass is 16.3. The van der Waals surface area contributed by atoms with Crippen molar-refractivity contribution in [2.24, 2.45) is 0 Å². The van der Waals surface area contributed by atoms with E-state index in [-0.39, 0.29) is 5.41 Å².